The smallest absolute Gasteiger partial charge is 0.326 e. The summed E-state index contributed by atoms with van der Waals surface area (Å²) >= 11 is 0. The van der Waals surface area contributed by atoms with Crippen molar-refractivity contribution < 1.29 is 13.2 Å². The fourth-order valence-electron chi connectivity index (χ4n) is 1.47. The van der Waals surface area contributed by atoms with Gasteiger partial charge in [0.15, 0.2) is 0 Å². The number of hydrogen-bond acceptors (Lipinski definition) is 3. The van der Waals surface area contributed by atoms with Gasteiger partial charge in [-0.1, -0.05) is 0 Å². The van der Waals surface area contributed by atoms with Gasteiger partial charge in [-0.15, -0.1) is 0 Å². The first-order valence-electron chi connectivity index (χ1n) is 5.18. The Labute approximate surface area is 101 Å². The molecular formula is C12H10F3N3. The van der Waals surface area contributed by atoms with Crippen molar-refractivity contribution >= 4 is 0 Å². The highest BCUT2D eigenvalue weighted by atomic mass is 19.4. The Hall–Kier alpha value is -1.95. The maximum Gasteiger partial charge on any atom is 0.417 e. The van der Waals surface area contributed by atoms with E-state index >= 15 is 0 Å². The van der Waals surface area contributed by atoms with E-state index < -0.39 is 11.7 Å². The summed E-state index contributed by atoms with van der Waals surface area (Å²) in [6.07, 6.45) is -0.421. The van der Waals surface area contributed by atoms with Crippen LogP contribution in [0, 0.1) is 0 Å². The highest BCUT2D eigenvalue weighted by Crippen LogP contribution is 2.29. The van der Waals surface area contributed by atoms with E-state index in [1.807, 2.05) is 0 Å². The summed E-state index contributed by atoms with van der Waals surface area (Å²) in [7, 11) is 0. The van der Waals surface area contributed by atoms with Gasteiger partial charge >= 0.3 is 6.18 Å². The zero-order valence-corrected chi connectivity index (χ0v) is 9.28. The second-order valence-electron chi connectivity index (χ2n) is 3.72. The van der Waals surface area contributed by atoms with Gasteiger partial charge in [-0.2, -0.15) is 13.2 Å². The molecular weight excluding hydrogens is 243 g/mol. The molecule has 0 aliphatic rings. The van der Waals surface area contributed by atoms with Crippen LogP contribution in [0.2, 0.25) is 0 Å². The Kier molecular flexibility index (Phi) is 3.29. The average molecular weight is 253 g/mol. The minimum absolute atomic E-state index is 0.321. The third kappa shape index (κ3) is 2.65. The molecule has 0 aliphatic carbocycles. The third-order valence-corrected chi connectivity index (χ3v) is 2.42. The Morgan fingerprint density at radius 1 is 1.11 bits per heavy atom. The van der Waals surface area contributed by atoms with Crippen LogP contribution in [-0.4, -0.2) is 9.97 Å². The van der Waals surface area contributed by atoms with Gasteiger partial charge in [-0.3, -0.25) is 9.97 Å². The van der Waals surface area contributed by atoms with E-state index in [9.17, 15) is 13.2 Å². The summed E-state index contributed by atoms with van der Waals surface area (Å²) in [5, 5.41) is 0. The van der Waals surface area contributed by atoms with Crippen molar-refractivity contribution in [3.63, 3.8) is 0 Å². The van der Waals surface area contributed by atoms with Crippen LogP contribution in [0.4, 0.5) is 13.2 Å². The number of aromatic nitrogens is 2. The monoisotopic (exact) mass is 253 g/mol. The molecule has 0 unspecified atom stereocenters. The molecule has 94 valence electrons. The van der Waals surface area contributed by atoms with Crippen LogP contribution in [0.25, 0.3) is 11.3 Å². The molecule has 0 fully saturated rings. The molecule has 0 amide bonds. The lowest BCUT2D eigenvalue weighted by atomic mass is 10.1. The van der Waals surface area contributed by atoms with Gasteiger partial charge in [0.25, 0.3) is 0 Å². The van der Waals surface area contributed by atoms with Crippen molar-refractivity contribution in [2.75, 3.05) is 0 Å². The molecule has 0 saturated heterocycles. The number of pyridine rings is 2. The minimum atomic E-state index is -4.37. The number of halogens is 3. The summed E-state index contributed by atoms with van der Waals surface area (Å²) < 4.78 is 37.1. The molecule has 2 aromatic heterocycles. The average Bonchev–Trinajstić information content (AvgIpc) is 2.38. The van der Waals surface area contributed by atoms with Gasteiger partial charge in [0.2, 0.25) is 0 Å². The Bertz CT molecular complexity index is 535. The predicted molar refractivity (Wildman–Crippen MR) is 60.4 cm³/mol. The van der Waals surface area contributed by atoms with E-state index in [1.54, 1.807) is 12.3 Å². The molecule has 0 spiro atoms. The molecule has 2 heterocycles. The second kappa shape index (κ2) is 4.73. The largest absolute Gasteiger partial charge is 0.417 e. The molecule has 0 radical (unpaired) electrons. The van der Waals surface area contributed by atoms with Crippen LogP contribution in [0.3, 0.4) is 0 Å². The van der Waals surface area contributed by atoms with E-state index in [4.69, 9.17) is 5.73 Å². The van der Waals surface area contributed by atoms with Gasteiger partial charge < -0.3 is 5.73 Å². The van der Waals surface area contributed by atoms with Crippen molar-refractivity contribution in [1.29, 1.82) is 0 Å². The molecule has 0 bridgehead atoms. The lowest BCUT2D eigenvalue weighted by Crippen LogP contribution is -2.05. The van der Waals surface area contributed by atoms with E-state index in [1.165, 1.54) is 12.3 Å². The van der Waals surface area contributed by atoms with E-state index in [-0.39, 0.29) is 0 Å². The number of nitrogens with zero attached hydrogens (tertiary/aromatic N) is 2. The molecule has 2 rings (SSSR count). The molecule has 18 heavy (non-hydrogen) atoms. The van der Waals surface area contributed by atoms with Gasteiger partial charge in [0, 0.05) is 30.7 Å². The van der Waals surface area contributed by atoms with Gasteiger partial charge in [0.05, 0.1) is 11.3 Å². The first-order valence-corrected chi connectivity index (χ1v) is 5.18. The lowest BCUT2D eigenvalue weighted by Gasteiger charge is -2.07. The van der Waals surface area contributed by atoms with Crippen LogP contribution in [0.5, 0.6) is 0 Å². The summed E-state index contributed by atoms with van der Waals surface area (Å²) in [6.45, 7) is 0.321. The molecule has 0 aliphatic heterocycles. The van der Waals surface area contributed by atoms with Crippen molar-refractivity contribution in [3.8, 4) is 11.3 Å². The highest BCUT2D eigenvalue weighted by molar-refractivity contribution is 5.58. The molecule has 0 aromatic carbocycles. The van der Waals surface area contributed by atoms with Gasteiger partial charge in [0.1, 0.15) is 0 Å². The molecule has 6 heteroatoms. The molecule has 0 saturated carbocycles. The zero-order chi connectivity index (χ0) is 13.2. The van der Waals surface area contributed by atoms with Crippen LogP contribution in [0.15, 0.2) is 36.8 Å². The van der Waals surface area contributed by atoms with Gasteiger partial charge in [-0.05, 0) is 23.8 Å². The van der Waals surface area contributed by atoms with E-state index in [0.717, 1.165) is 17.8 Å². The Morgan fingerprint density at radius 2 is 1.89 bits per heavy atom. The van der Waals surface area contributed by atoms with Crippen molar-refractivity contribution in [1.82, 2.24) is 9.97 Å². The fraction of sp³-hybridized carbons (Fsp3) is 0.167. The summed E-state index contributed by atoms with van der Waals surface area (Å²) in [5.41, 5.74) is 6.58. The standard InChI is InChI=1S/C12H10F3N3/c13-12(14,15)10-1-2-11(18-7-10)9-3-8(4-16)5-17-6-9/h1-3,5-7H,4,16H2. The van der Waals surface area contributed by atoms with Crippen molar-refractivity contribution in [2.45, 2.75) is 12.7 Å². The van der Waals surface area contributed by atoms with Crippen LogP contribution in [0.1, 0.15) is 11.1 Å². The third-order valence-electron chi connectivity index (χ3n) is 2.42. The van der Waals surface area contributed by atoms with E-state index in [0.29, 0.717) is 17.8 Å². The topological polar surface area (TPSA) is 51.8 Å². The van der Waals surface area contributed by atoms with Crippen LogP contribution >= 0.6 is 0 Å². The molecule has 3 nitrogen and oxygen atoms in total. The SMILES string of the molecule is NCc1cncc(-c2ccc(C(F)(F)F)cn2)c1. The minimum Gasteiger partial charge on any atom is -0.326 e. The Morgan fingerprint density at radius 3 is 2.44 bits per heavy atom. The predicted octanol–water partition coefficient (Wildman–Crippen LogP) is 2.62. The van der Waals surface area contributed by atoms with Crippen molar-refractivity contribution in [3.05, 3.63) is 47.9 Å². The van der Waals surface area contributed by atoms with Crippen LogP contribution < -0.4 is 5.73 Å². The summed E-state index contributed by atoms with van der Waals surface area (Å²) in [6, 6.07) is 4.07. The number of hydrogen-bond donors (Lipinski definition) is 1. The number of nitrogens with two attached hydrogens (primary N) is 1. The zero-order valence-electron chi connectivity index (χ0n) is 9.28. The summed E-state index contributed by atoms with van der Waals surface area (Å²) in [4.78, 5) is 7.75. The van der Waals surface area contributed by atoms with Gasteiger partial charge in [-0.25, -0.2) is 0 Å². The highest BCUT2D eigenvalue weighted by Gasteiger charge is 2.30. The second-order valence-corrected chi connectivity index (χ2v) is 3.72. The molecule has 0 atom stereocenters. The quantitative estimate of drug-likeness (QED) is 0.895. The number of alkyl halides is 3. The maximum atomic E-state index is 12.4. The summed E-state index contributed by atoms with van der Waals surface area (Å²) in [5.74, 6) is 0. The van der Waals surface area contributed by atoms with Crippen molar-refractivity contribution in [2.24, 2.45) is 5.73 Å². The molecule has 2 N–H and O–H groups in total. The normalized spacial score (nSPS) is 11.6. The first kappa shape index (κ1) is 12.5. The van der Waals surface area contributed by atoms with Crippen LogP contribution in [-0.2, 0) is 12.7 Å². The van der Waals surface area contributed by atoms with E-state index in [2.05, 4.69) is 9.97 Å². The molecule has 2 aromatic rings. The maximum absolute atomic E-state index is 12.4. The first-order chi connectivity index (χ1) is 8.50. The lowest BCUT2D eigenvalue weighted by molar-refractivity contribution is -0.137. The Balaban J connectivity index is 2.34. The number of rotatable bonds is 2. The fourth-order valence-corrected chi connectivity index (χ4v) is 1.47.